The molecule has 0 bridgehead atoms. The molecule has 3 rings (SSSR count). The summed E-state index contributed by atoms with van der Waals surface area (Å²) in [6, 6.07) is 0. The van der Waals surface area contributed by atoms with Crippen LogP contribution in [0.5, 0.6) is 0 Å². The number of nitrogens with zero attached hydrogens (tertiary/aromatic N) is 3. The van der Waals surface area contributed by atoms with E-state index in [1.807, 2.05) is 4.98 Å². The summed E-state index contributed by atoms with van der Waals surface area (Å²) in [6.07, 6.45) is -11.4. The van der Waals surface area contributed by atoms with Gasteiger partial charge in [-0.1, -0.05) is 0 Å². The zero-order chi connectivity index (χ0) is 24.7. The molecule has 1 aliphatic rings. The average molecular weight is 477 g/mol. The number of fused-ring (bicyclic) bond motifs is 1. The Balaban J connectivity index is 2.23. The Morgan fingerprint density at radius 1 is 1.09 bits per heavy atom. The van der Waals surface area contributed by atoms with E-state index in [1.54, 1.807) is 0 Å². The van der Waals surface area contributed by atoms with Gasteiger partial charge in [0.25, 0.3) is 5.56 Å². The molecular formula is C17H18F3N5O8. The van der Waals surface area contributed by atoms with E-state index in [4.69, 9.17) is 24.7 Å². The number of halogens is 3. The van der Waals surface area contributed by atoms with E-state index in [-0.39, 0.29) is 0 Å². The maximum atomic E-state index is 13.8. The third-order valence-corrected chi connectivity index (χ3v) is 4.42. The summed E-state index contributed by atoms with van der Waals surface area (Å²) >= 11 is 0. The molecule has 0 aromatic carbocycles. The number of alkyl halides is 3. The van der Waals surface area contributed by atoms with Crippen molar-refractivity contribution in [3.05, 3.63) is 16.2 Å². The van der Waals surface area contributed by atoms with Crippen LogP contribution in [0, 0.1) is 0 Å². The van der Waals surface area contributed by atoms with Crippen molar-refractivity contribution in [1.82, 2.24) is 19.5 Å². The lowest BCUT2D eigenvalue weighted by molar-refractivity contribution is -0.168. The van der Waals surface area contributed by atoms with Crippen molar-refractivity contribution in [2.75, 3.05) is 12.3 Å². The van der Waals surface area contributed by atoms with Gasteiger partial charge in [-0.2, -0.15) is 18.2 Å². The third kappa shape index (κ3) is 4.89. The van der Waals surface area contributed by atoms with E-state index in [1.165, 1.54) is 0 Å². The molecule has 1 saturated heterocycles. The van der Waals surface area contributed by atoms with Gasteiger partial charge in [-0.3, -0.25) is 28.7 Å². The molecule has 0 radical (unpaired) electrons. The number of carbonyl (C=O) groups excluding carboxylic acids is 3. The Morgan fingerprint density at radius 3 is 2.24 bits per heavy atom. The normalized spacial score (nSPS) is 22.8. The molecule has 13 nitrogen and oxygen atoms in total. The number of hydrogen-bond donors (Lipinski definition) is 2. The summed E-state index contributed by atoms with van der Waals surface area (Å²) in [5, 5.41) is 0. The van der Waals surface area contributed by atoms with Crippen LogP contribution < -0.4 is 11.3 Å². The first-order chi connectivity index (χ1) is 15.3. The largest absolute Gasteiger partial charge is 0.463 e. The van der Waals surface area contributed by atoms with Crippen molar-refractivity contribution < 1.29 is 46.5 Å². The smallest absolute Gasteiger partial charge is 0.449 e. The van der Waals surface area contributed by atoms with Gasteiger partial charge in [0.15, 0.2) is 29.6 Å². The minimum Gasteiger partial charge on any atom is -0.463 e. The number of hydrogen-bond acceptors (Lipinski definition) is 11. The molecule has 2 aromatic heterocycles. The van der Waals surface area contributed by atoms with Crippen LogP contribution >= 0.6 is 0 Å². The molecule has 3 heterocycles. The second kappa shape index (κ2) is 8.68. The topological polar surface area (TPSA) is 178 Å². The maximum Gasteiger partial charge on any atom is 0.449 e. The number of H-pyrrole nitrogens is 1. The van der Waals surface area contributed by atoms with Crippen molar-refractivity contribution in [2.24, 2.45) is 0 Å². The van der Waals surface area contributed by atoms with E-state index in [9.17, 15) is 32.3 Å². The second-order valence-corrected chi connectivity index (χ2v) is 6.94. The number of rotatable bonds is 5. The molecule has 1 aliphatic heterocycles. The number of anilines is 1. The zero-order valence-corrected chi connectivity index (χ0v) is 17.3. The van der Waals surface area contributed by atoms with Gasteiger partial charge in [0, 0.05) is 20.8 Å². The van der Waals surface area contributed by atoms with Gasteiger partial charge in [0.05, 0.1) is 0 Å². The highest BCUT2D eigenvalue weighted by Gasteiger charge is 2.53. The molecular weight excluding hydrogens is 459 g/mol. The van der Waals surface area contributed by atoms with E-state index < -0.39 is 83.7 Å². The Kier molecular flexibility index (Phi) is 6.31. The minimum absolute atomic E-state index is 0.374. The predicted octanol–water partition coefficient (Wildman–Crippen LogP) is 0.0445. The lowest BCUT2D eigenvalue weighted by atomic mass is 10.1. The number of aromatic amines is 1. The summed E-state index contributed by atoms with van der Waals surface area (Å²) in [5.74, 6) is -4.70. The van der Waals surface area contributed by atoms with Gasteiger partial charge in [-0.05, 0) is 0 Å². The Morgan fingerprint density at radius 2 is 1.70 bits per heavy atom. The van der Waals surface area contributed by atoms with E-state index >= 15 is 0 Å². The summed E-state index contributed by atoms with van der Waals surface area (Å²) in [6.45, 7) is 2.50. The summed E-state index contributed by atoms with van der Waals surface area (Å²) in [5.41, 5.74) is 3.09. The van der Waals surface area contributed by atoms with Crippen LogP contribution in [0.25, 0.3) is 11.2 Å². The van der Waals surface area contributed by atoms with Gasteiger partial charge in [0.1, 0.15) is 12.7 Å². The fourth-order valence-electron chi connectivity index (χ4n) is 3.34. The van der Waals surface area contributed by atoms with E-state index in [2.05, 4.69) is 9.97 Å². The molecule has 33 heavy (non-hydrogen) atoms. The molecule has 180 valence electrons. The van der Waals surface area contributed by atoms with Gasteiger partial charge in [-0.25, -0.2) is 4.98 Å². The highest BCUT2D eigenvalue weighted by atomic mass is 19.4. The van der Waals surface area contributed by atoms with Crippen LogP contribution in [-0.2, 0) is 39.5 Å². The van der Waals surface area contributed by atoms with Gasteiger partial charge in [-0.15, -0.1) is 0 Å². The van der Waals surface area contributed by atoms with Crippen LogP contribution in [0.4, 0.5) is 19.1 Å². The monoisotopic (exact) mass is 477 g/mol. The van der Waals surface area contributed by atoms with Gasteiger partial charge >= 0.3 is 24.1 Å². The fourth-order valence-corrected chi connectivity index (χ4v) is 3.34. The minimum atomic E-state index is -5.11. The van der Waals surface area contributed by atoms with Crippen molar-refractivity contribution >= 4 is 35.0 Å². The first-order valence-corrected chi connectivity index (χ1v) is 9.27. The number of nitrogens with two attached hydrogens (primary N) is 1. The average Bonchev–Trinajstić information content (AvgIpc) is 3.18. The van der Waals surface area contributed by atoms with Crippen molar-refractivity contribution in [3.8, 4) is 0 Å². The molecule has 0 saturated carbocycles. The first kappa shape index (κ1) is 24.0. The molecule has 16 heteroatoms. The Hall–Kier alpha value is -3.69. The Bertz CT molecular complexity index is 1160. The number of esters is 3. The molecule has 0 unspecified atom stereocenters. The maximum absolute atomic E-state index is 13.8. The third-order valence-electron chi connectivity index (χ3n) is 4.42. The van der Waals surface area contributed by atoms with Crippen LogP contribution in [-0.4, -0.2) is 62.3 Å². The van der Waals surface area contributed by atoms with E-state index in [0.717, 1.165) is 20.8 Å². The number of aromatic nitrogens is 4. The van der Waals surface area contributed by atoms with Gasteiger partial charge < -0.3 is 24.7 Å². The number of carbonyl (C=O) groups is 3. The molecule has 0 amide bonds. The quantitative estimate of drug-likeness (QED) is 0.439. The molecule has 4 atom stereocenters. The van der Waals surface area contributed by atoms with Gasteiger partial charge in [0.2, 0.25) is 11.8 Å². The molecule has 0 aliphatic carbocycles. The predicted molar refractivity (Wildman–Crippen MR) is 99.2 cm³/mol. The van der Waals surface area contributed by atoms with Crippen molar-refractivity contribution in [2.45, 2.75) is 51.5 Å². The van der Waals surface area contributed by atoms with E-state index in [0.29, 0.717) is 4.57 Å². The number of imidazole rings is 1. The first-order valence-electron chi connectivity index (χ1n) is 9.27. The fraction of sp³-hybridized carbons (Fsp3) is 0.529. The standard InChI is InChI=1S/C17H18F3N5O8/c1-5(26)30-4-8-10(31-6(2)27)11(32-7(3)28)14(33-8)25-12-9(13(29)24-16(21)23-12)22-15(25)17(18,19)20/h8,10-11,14H,4H2,1-3H3,(H3,21,23,24,29)/t8-,10-,11-,14-/m1/s1. The molecule has 0 spiro atoms. The number of nitrogens with one attached hydrogen (secondary N) is 1. The summed E-state index contributed by atoms with van der Waals surface area (Å²) < 4.78 is 62.6. The highest BCUT2D eigenvalue weighted by Crippen LogP contribution is 2.40. The molecule has 1 fully saturated rings. The second-order valence-electron chi connectivity index (χ2n) is 6.94. The number of ether oxygens (including phenoxy) is 4. The number of nitrogen functional groups attached to an aromatic ring is 1. The summed E-state index contributed by atoms with van der Waals surface area (Å²) in [4.78, 5) is 55.8. The molecule has 2 aromatic rings. The van der Waals surface area contributed by atoms with Crippen molar-refractivity contribution in [3.63, 3.8) is 0 Å². The SMILES string of the molecule is CC(=O)OC[C@H]1O[C@@H](n2c(C(F)(F)F)nc3c(=O)[nH]c(N)nc32)[C@H](OC(C)=O)[C@@H]1OC(C)=O. The summed E-state index contributed by atoms with van der Waals surface area (Å²) in [7, 11) is 0. The lowest BCUT2D eigenvalue weighted by Crippen LogP contribution is -2.41. The Labute approximate surface area is 182 Å². The zero-order valence-electron chi connectivity index (χ0n) is 17.3. The highest BCUT2D eigenvalue weighted by molar-refractivity contribution is 5.72. The van der Waals surface area contributed by atoms with Crippen LogP contribution in [0.2, 0.25) is 0 Å². The molecule has 3 N–H and O–H groups in total. The lowest BCUT2D eigenvalue weighted by Gasteiger charge is -2.24. The van der Waals surface area contributed by atoms with Crippen molar-refractivity contribution in [1.29, 1.82) is 0 Å². The van der Waals surface area contributed by atoms with Crippen LogP contribution in [0.1, 0.15) is 32.8 Å². The van der Waals surface area contributed by atoms with Crippen LogP contribution in [0.3, 0.4) is 0 Å². The van der Waals surface area contributed by atoms with Crippen LogP contribution in [0.15, 0.2) is 4.79 Å².